The number of hydrogen-bond acceptors (Lipinski definition) is 0. The van der Waals surface area contributed by atoms with Gasteiger partial charge in [0, 0.05) is 0 Å². The summed E-state index contributed by atoms with van der Waals surface area (Å²) >= 11 is 0. The molecule has 0 heteroatoms. The van der Waals surface area contributed by atoms with Crippen molar-refractivity contribution in [1.29, 1.82) is 0 Å². The normalized spacial score (nSPS) is 12.6. The summed E-state index contributed by atoms with van der Waals surface area (Å²) < 4.78 is 0. The lowest BCUT2D eigenvalue weighted by molar-refractivity contribution is 0.407. The molecule has 248 valence electrons. The van der Waals surface area contributed by atoms with Crippen LogP contribution in [-0.2, 0) is 12.8 Å². The molecule has 0 spiro atoms. The zero-order valence-electron chi connectivity index (χ0n) is 31.9. The fourth-order valence-corrected chi connectivity index (χ4v) is 4.49. The van der Waals surface area contributed by atoms with Crippen LogP contribution in [0, 0.1) is 47.3 Å². The SMILES string of the molecule is CC(C)C(C)C.CC(C)CC(C)C.CC(C)CC1=CCc2ccccc21.CC(C)Cc1ccccc1.CCC(C)C(C)C. The second-order valence-corrected chi connectivity index (χ2v) is 15.4. The molecular formula is C43H76. The fourth-order valence-electron chi connectivity index (χ4n) is 4.49. The van der Waals surface area contributed by atoms with Gasteiger partial charge in [0.05, 0.1) is 0 Å². The molecule has 0 saturated heterocycles. The first kappa shape index (κ1) is 43.3. The topological polar surface area (TPSA) is 0 Å². The summed E-state index contributed by atoms with van der Waals surface area (Å²) in [4.78, 5) is 0. The standard InChI is InChI=1S/C13H16.C10H14.2C7H16.C6H14/c1-10(2)9-12-8-7-11-5-3-4-6-13(11)12;1-9(2)8-10-6-4-3-5-7-10;1-6(2)5-7(3)4;1-5-7(4)6(2)3;1-5(2)6(3)4/h3-6,8,10H,7,9H2,1-2H3;3-7,9H,8H2,1-2H3;2*6-7H,5H2,1-4H3;5-6H,1-4H3. The van der Waals surface area contributed by atoms with E-state index in [-0.39, 0.29) is 0 Å². The maximum Gasteiger partial charge on any atom is -0.00854 e. The third-order valence-electron chi connectivity index (χ3n) is 8.10. The molecule has 43 heavy (non-hydrogen) atoms. The van der Waals surface area contributed by atoms with E-state index in [0.29, 0.717) is 0 Å². The van der Waals surface area contributed by atoms with Crippen molar-refractivity contribution in [3.8, 4) is 0 Å². The van der Waals surface area contributed by atoms with E-state index in [9.17, 15) is 0 Å². The lowest BCUT2D eigenvalue weighted by Gasteiger charge is -2.10. The van der Waals surface area contributed by atoms with Crippen LogP contribution >= 0.6 is 0 Å². The summed E-state index contributed by atoms with van der Waals surface area (Å²) in [5, 5.41) is 0. The average Bonchev–Trinajstić information content (AvgIpc) is 3.31. The average molecular weight is 593 g/mol. The van der Waals surface area contributed by atoms with Crippen molar-refractivity contribution in [1.82, 2.24) is 0 Å². The largest absolute Gasteiger partial charge is 0.0763 e. The molecule has 0 radical (unpaired) electrons. The van der Waals surface area contributed by atoms with Gasteiger partial charge in [-0.3, -0.25) is 0 Å². The molecule has 1 aliphatic carbocycles. The Kier molecular flexibility index (Phi) is 25.7. The van der Waals surface area contributed by atoms with E-state index in [2.05, 4.69) is 171 Å². The molecular weight excluding hydrogens is 516 g/mol. The lowest BCUT2D eigenvalue weighted by Crippen LogP contribution is -2.00. The Labute approximate surface area is 272 Å². The Morgan fingerprint density at radius 1 is 0.512 bits per heavy atom. The molecule has 0 amide bonds. The van der Waals surface area contributed by atoms with E-state index in [4.69, 9.17) is 0 Å². The van der Waals surface area contributed by atoms with Crippen molar-refractivity contribution in [3.63, 3.8) is 0 Å². The van der Waals surface area contributed by atoms with Gasteiger partial charge in [0.15, 0.2) is 0 Å². The number of allylic oxidation sites excluding steroid dienone is 2. The molecule has 0 bridgehead atoms. The van der Waals surface area contributed by atoms with Gasteiger partial charge in [0.1, 0.15) is 0 Å². The van der Waals surface area contributed by atoms with Crippen molar-refractivity contribution in [2.45, 2.75) is 143 Å². The summed E-state index contributed by atoms with van der Waals surface area (Å²) in [5.74, 6) is 6.75. The number of rotatable bonds is 9. The molecule has 1 aliphatic rings. The summed E-state index contributed by atoms with van der Waals surface area (Å²) in [6, 6.07) is 19.4. The monoisotopic (exact) mass is 593 g/mol. The molecule has 0 N–H and O–H groups in total. The fraction of sp³-hybridized carbons (Fsp3) is 0.674. The molecule has 0 fully saturated rings. The Bertz CT molecular complexity index is 896. The minimum atomic E-state index is 0.761. The smallest absolute Gasteiger partial charge is 0.00854 e. The Balaban J connectivity index is 0. The molecule has 0 saturated carbocycles. The van der Waals surface area contributed by atoms with E-state index in [1.165, 1.54) is 42.4 Å². The van der Waals surface area contributed by atoms with Gasteiger partial charge in [-0.1, -0.05) is 178 Å². The van der Waals surface area contributed by atoms with Crippen molar-refractivity contribution < 1.29 is 0 Å². The minimum Gasteiger partial charge on any atom is -0.0763 e. The predicted molar refractivity (Wildman–Crippen MR) is 201 cm³/mol. The second kappa shape index (κ2) is 25.5. The molecule has 0 aromatic heterocycles. The van der Waals surface area contributed by atoms with Crippen molar-refractivity contribution in [2.24, 2.45) is 47.3 Å². The van der Waals surface area contributed by atoms with E-state index < -0.39 is 0 Å². The van der Waals surface area contributed by atoms with Gasteiger partial charge in [0.2, 0.25) is 0 Å². The summed E-state index contributed by atoms with van der Waals surface area (Å²) in [7, 11) is 0. The summed E-state index contributed by atoms with van der Waals surface area (Å²) in [5.41, 5.74) is 5.97. The Morgan fingerprint density at radius 3 is 1.33 bits per heavy atom. The first-order valence-electron chi connectivity index (χ1n) is 17.8. The van der Waals surface area contributed by atoms with E-state index in [0.717, 1.165) is 53.8 Å². The van der Waals surface area contributed by atoms with Crippen LogP contribution in [0.25, 0.3) is 5.57 Å². The first-order valence-corrected chi connectivity index (χ1v) is 17.8. The highest BCUT2D eigenvalue weighted by atomic mass is 14.2. The van der Waals surface area contributed by atoms with Gasteiger partial charge >= 0.3 is 0 Å². The Hall–Kier alpha value is -1.82. The van der Waals surface area contributed by atoms with E-state index >= 15 is 0 Å². The van der Waals surface area contributed by atoms with Gasteiger partial charge in [-0.05, 0) is 95.3 Å². The van der Waals surface area contributed by atoms with Crippen LogP contribution in [0.3, 0.4) is 0 Å². The van der Waals surface area contributed by atoms with E-state index in [1.807, 2.05) is 0 Å². The third kappa shape index (κ3) is 25.2. The first-order chi connectivity index (χ1) is 20.0. The minimum absolute atomic E-state index is 0.761. The zero-order chi connectivity index (χ0) is 33.5. The van der Waals surface area contributed by atoms with Crippen molar-refractivity contribution in [3.05, 3.63) is 77.4 Å². The third-order valence-corrected chi connectivity index (χ3v) is 8.10. The highest BCUT2D eigenvalue weighted by Gasteiger charge is 2.13. The number of hydrogen-bond donors (Lipinski definition) is 0. The molecule has 2 aromatic carbocycles. The van der Waals surface area contributed by atoms with Crippen LogP contribution in [0.5, 0.6) is 0 Å². The predicted octanol–water partition coefficient (Wildman–Crippen LogP) is 14.2. The zero-order valence-corrected chi connectivity index (χ0v) is 31.9. The van der Waals surface area contributed by atoms with Crippen LogP contribution in [0.2, 0.25) is 0 Å². The molecule has 2 aromatic rings. The molecule has 3 rings (SSSR count). The summed E-state index contributed by atoms with van der Waals surface area (Å²) in [6.07, 6.45) is 8.61. The maximum atomic E-state index is 2.38. The van der Waals surface area contributed by atoms with Crippen LogP contribution < -0.4 is 0 Å². The quantitative estimate of drug-likeness (QED) is 0.272. The van der Waals surface area contributed by atoms with Crippen molar-refractivity contribution in [2.75, 3.05) is 0 Å². The number of benzene rings is 2. The maximum absolute atomic E-state index is 2.38. The lowest BCUT2D eigenvalue weighted by atomic mass is 9.96. The highest BCUT2D eigenvalue weighted by molar-refractivity contribution is 5.72. The molecule has 0 nitrogen and oxygen atoms in total. The molecule has 1 unspecified atom stereocenters. The summed E-state index contributed by atoms with van der Waals surface area (Å²) in [6.45, 7) is 36.1. The highest BCUT2D eigenvalue weighted by Crippen LogP contribution is 2.31. The van der Waals surface area contributed by atoms with Crippen LogP contribution in [0.4, 0.5) is 0 Å². The molecule has 1 atom stereocenters. The second-order valence-electron chi connectivity index (χ2n) is 15.4. The van der Waals surface area contributed by atoms with Crippen molar-refractivity contribution >= 4 is 5.57 Å². The van der Waals surface area contributed by atoms with Crippen LogP contribution in [-0.4, -0.2) is 0 Å². The van der Waals surface area contributed by atoms with Crippen LogP contribution in [0.15, 0.2) is 60.7 Å². The van der Waals surface area contributed by atoms with Gasteiger partial charge in [-0.25, -0.2) is 0 Å². The van der Waals surface area contributed by atoms with E-state index in [1.54, 1.807) is 5.57 Å². The van der Waals surface area contributed by atoms with Gasteiger partial charge in [-0.15, -0.1) is 0 Å². The van der Waals surface area contributed by atoms with Gasteiger partial charge < -0.3 is 0 Å². The van der Waals surface area contributed by atoms with Crippen LogP contribution in [0.1, 0.15) is 147 Å². The number of fused-ring (bicyclic) bond motifs is 1. The molecule has 0 heterocycles. The molecule has 0 aliphatic heterocycles. The van der Waals surface area contributed by atoms with Gasteiger partial charge in [-0.2, -0.15) is 0 Å². The van der Waals surface area contributed by atoms with Gasteiger partial charge in [0.25, 0.3) is 0 Å². The Morgan fingerprint density at radius 2 is 0.977 bits per heavy atom.